The SMILES string of the molecule is CC(C)N(Cc1nc(C(C)(C)C)cs1)CC1CCCNC1. The van der Waals surface area contributed by atoms with Crippen molar-refractivity contribution >= 4 is 11.3 Å². The van der Waals surface area contributed by atoms with Crippen LogP contribution in [0.25, 0.3) is 0 Å². The molecule has 4 heteroatoms. The van der Waals surface area contributed by atoms with E-state index in [0.717, 1.165) is 12.5 Å². The topological polar surface area (TPSA) is 28.2 Å². The molecule has 2 heterocycles. The van der Waals surface area contributed by atoms with E-state index in [1.165, 1.54) is 43.2 Å². The van der Waals surface area contributed by atoms with Crippen LogP contribution < -0.4 is 5.32 Å². The van der Waals surface area contributed by atoms with Gasteiger partial charge in [0.05, 0.1) is 12.2 Å². The Balaban J connectivity index is 1.97. The number of nitrogens with one attached hydrogen (secondary N) is 1. The van der Waals surface area contributed by atoms with Gasteiger partial charge in [0.15, 0.2) is 0 Å². The van der Waals surface area contributed by atoms with Gasteiger partial charge in [0.25, 0.3) is 0 Å². The molecule has 1 aliphatic rings. The van der Waals surface area contributed by atoms with Crippen molar-refractivity contribution in [2.24, 2.45) is 5.92 Å². The normalized spacial score (nSPS) is 20.4. The van der Waals surface area contributed by atoms with E-state index in [1.807, 2.05) is 11.3 Å². The highest BCUT2D eigenvalue weighted by molar-refractivity contribution is 7.09. The van der Waals surface area contributed by atoms with Crippen LogP contribution in [0.3, 0.4) is 0 Å². The van der Waals surface area contributed by atoms with Crippen molar-refractivity contribution in [3.05, 3.63) is 16.1 Å². The first-order chi connectivity index (χ1) is 9.86. The van der Waals surface area contributed by atoms with Gasteiger partial charge in [-0.15, -0.1) is 11.3 Å². The van der Waals surface area contributed by atoms with Crippen molar-refractivity contribution in [3.63, 3.8) is 0 Å². The third-order valence-electron chi connectivity index (χ3n) is 4.28. The van der Waals surface area contributed by atoms with E-state index in [1.54, 1.807) is 0 Å². The lowest BCUT2D eigenvalue weighted by Crippen LogP contribution is -2.40. The van der Waals surface area contributed by atoms with Gasteiger partial charge < -0.3 is 5.32 Å². The molecular weight excluding hydrogens is 278 g/mol. The zero-order chi connectivity index (χ0) is 15.5. The van der Waals surface area contributed by atoms with Crippen LogP contribution in [-0.2, 0) is 12.0 Å². The number of rotatable bonds is 5. The number of piperidine rings is 1. The fraction of sp³-hybridized carbons (Fsp3) is 0.824. The van der Waals surface area contributed by atoms with Crippen LogP contribution in [0.2, 0.25) is 0 Å². The molecule has 120 valence electrons. The Morgan fingerprint density at radius 3 is 2.71 bits per heavy atom. The number of nitrogens with zero attached hydrogens (tertiary/aromatic N) is 2. The van der Waals surface area contributed by atoms with Crippen molar-refractivity contribution in [2.75, 3.05) is 19.6 Å². The summed E-state index contributed by atoms with van der Waals surface area (Å²) in [5.74, 6) is 0.795. The molecule has 0 amide bonds. The summed E-state index contributed by atoms with van der Waals surface area (Å²) in [6, 6.07) is 0.578. The molecule has 1 aromatic heterocycles. The molecule has 1 unspecified atom stereocenters. The lowest BCUT2D eigenvalue weighted by atomic mass is 9.93. The maximum absolute atomic E-state index is 4.86. The number of hydrogen-bond acceptors (Lipinski definition) is 4. The number of hydrogen-bond donors (Lipinski definition) is 1. The Morgan fingerprint density at radius 2 is 2.19 bits per heavy atom. The summed E-state index contributed by atoms with van der Waals surface area (Å²) in [6.45, 7) is 15.9. The van der Waals surface area contributed by atoms with Gasteiger partial charge in [-0.25, -0.2) is 4.98 Å². The Morgan fingerprint density at radius 1 is 1.43 bits per heavy atom. The monoisotopic (exact) mass is 309 g/mol. The number of thiazole rings is 1. The van der Waals surface area contributed by atoms with Crippen LogP contribution >= 0.6 is 11.3 Å². The summed E-state index contributed by atoms with van der Waals surface area (Å²) in [4.78, 5) is 7.44. The smallest absolute Gasteiger partial charge is 0.107 e. The van der Waals surface area contributed by atoms with Gasteiger partial charge in [-0.05, 0) is 45.7 Å². The van der Waals surface area contributed by atoms with Crippen molar-refractivity contribution in [3.8, 4) is 0 Å². The summed E-state index contributed by atoms with van der Waals surface area (Å²) >= 11 is 1.82. The molecular formula is C17H31N3S. The van der Waals surface area contributed by atoms with Gasteiger partial charge in [-0.2, -0.15) is 0 Å². The third-order valence-corrected chi connectivity index (χ3v) is 5.11. The van der Waals surface area contributed by atoms with Crippen LogP contribution in [0.4, 0.5) is 0 Å². The van der Waals surface area contributed by atoms with E-state index in [-0.39, 0.29) is 5.41 Å². The van der Waals surface area contributed by atoms with E-state index in [4.69, 9.17) is 4.98 Å². The van der Waals surface area contributed by atoms with Crippen LogP contribution in [0, 0.1) is 5.92 Å². The molecule has 0 aromatic carbocycles. The summed E-state index contributed by atoms with van der Waals surface area (Å²) in [5.41, 5.74) is 1.38. The van der Waals surface area contributed by atoms with Gasteiger partial charge in [0.1, 0.15) is 5.01 Å². The highest BCUT2D eigenvalue weighted by Gasteiger charge is 2.22. The summed E-state index contributed by atoms with van der Waals surface area (Å²) < 4.78 is 0. The van der Waals surface area contributed by atoms with Crippen molar-refractivity contribution in [1.29, 1.82) is 0 Å². The van der Waals surface area contributed by atoms with Crippen LogP contribution in [0.5, 0.6) is 0 Å². The Bertz CT molecular complexity index is 427. The third kappa shape index (κ3) is 5.04. The standard InChI is InChI=1S/C17H31N3S/c1-13(2)20(10-14-7-6-8-18-9-14)11-16-19-15(12-21-16)17(3,4)5/h12-14,18H,6-11H2,1-5H3. The van der Waals surface area contributed by atoms with Crippen molar-refractivity contribution in [2.45, 2.75) is 65.5 Å². The molecule has 0 aliphatic carbocycles. The predicted molar refractivity (Wildman–Crippen MR) is 92.0 cm³/mol. The second-order valence-electron chi connectivity index (χ2n) is 7.61. The highest BCUT2D eigenvalue weighted by Crippen LogP contribution is 2.25. The van der Waals surface area contributed by atoms with Crippen LogP contribution in [0.15, 0.2) is 5.38 Å². The molecule has 1 fully saturated rings. The minimum atomic E-state index is 0.157. The molecule has 1 saturated heterocycles. The fourth-order valence-electron chi connectivity index (χ4n) is 2.77. The zero-order valence-corrected chi connectivity index (χ0v) is 15.1. The first-order valence-electron chi connectivity index (χ1n) is 8.26. The van der Waals surface area contributed by atoms with Gasteiger partial charge in [0.2, 0.25) is 0 Å². The van der Waals surface area contributed by atoms with Gasteiger partial charge in [-0.3, -0.25) is 4.90 Å². The van der Waals surface area contributed by atoms with Crippen LogP contribution in [-0.4, -0.2) is 35.6 Å². The first-order valence-corrected chi connectivity index (χ1v) is 9.14. The molecule has 1 aromatic rings. The maximum Gasteiger partial charge on any atom is 0.107 e. The average molecular weight is 310 g/mol. The lowest BCUT2D eigenvalue weighted by molar-refractivity contribution is 0.163. The second-order valence-corrected chi connectivity index (χ2v) is 8.55. The molecule has 1 atom stereocenters. The molecule has 1 aliphatic heterocycles. The molecule has 0 saturated carbocycles. The Kier molecular flexibility index (Phi) is 5.81. The van der Waals surface area contributed by atoms with E-state index in [9.17, 15) is 0 Å². The molecule has 0 spiro atoms. The average Bonchev–Trinajstić information content (AvgIpc) is 2.87. The van der Waals surface area contributed by atoms with Gasteiger partial charge in [0, 0.05) is 23.4 Å². The Hall–Kier alpha value is -0.450. The first kappa shape index (κ1) is 16.9. The van der Waals surface area contributed by atoms with Crippen molar-refractivity contribution < 1.29 is 0 Å². The minimum Gasteiger partial charge on any atom is -0.316 e. The molecule has 0 bridgehead atoms. The molecule has 3 nitrogen and oxygen atoms in total. The van der Waals surface area contributed by atoms with Gasteiger partial charge >= 0.3 is 0 Å². The van der Waals surface area contributed by atoms with E-state index >= 15 is 0 Å². The molecule has 1 N–H and O–H groups in total. The highest BCUT2D eigenvalue weighted by atomic mass is 32.1. The second kappa shape index (κ2) is 7.21. The molecule has 0 radical (unpaired) electrons. The van der Waals surface area contributed by atoms with Crippen LogP contribution in [0.1, 0.15) is 58.2 Å². The number of aromatic nitrogens is 1. The van der Waals surface area contributed by atoms with Gasteiger partial charge in [-0.1, -0.05) is 20.8 Å². The van der Waals surface area contributed by atoms with Crippen molar-refractivity contribution in [1.82, 2.24) is 15.2 Å². The molecule has 2 rings (SSSR count). The predicted octanol–water partition coefficient (Wildman–Crippen LogP) is 3.65. The minimum absolute atomic E-state index is 0.157. The zero-order valence-electron chi connectivity index (χ0n) is 14.3. The summed E-state index contributed by atoms with van der Waals surface area (Å²) in [6.07, 6.45) is 2.68. The maximum atomic E-state index is 4.86. The van der Waals surface area contributed by atoms with E-state index in [0.29, 0.717) is 6.04 Å². The fourth-order valence-corrected chi connectivity index (χ4v) is 3.82. The lowest BCUT2D eigenvalue weighted by Gasteiger charge is -2.32. The molecule has 21 heavy (non-hydrogen) atoms. The quantitative estimate of drug-likeness (QED) is 0.900. The summed E-state index contributed by atoms with van der Waals surface area (Å²) in [7, 11) is 0. The Labute approximate surface area is 134 Å². The van der Waals surface area contributed by atoms with E-state index < -0.39 is 0 Å². The van der Waals surface area contributed by atoms with E-state index in [2.05, 4.69) is 50.2 Å². The summed E-state index contributed by atoms with van der Waals surface area (Å²) in [5, 5.41) is 7.02. The largest absolute Gasteiger partial charge is 0.316 e.